The van der Waals surface area contributed by atoms with Gasteiger partial charge in [0, 0.05) is 20.2 Å². The number of hydrogen-bond acceptors (Lipinski definition) is 1. The highest BCUT2D eigenvalue weighted by molar-refractivity contribution is 7.26. The minimum atomic E-state index is -0.364. The summed E-state index contributed by atoms with van der Waals surface area (Å²) in [4.78, 5) is 0. The predicted octanol–water partition coefficient (Wildman–Crippen LogP) is 5.72. The molecule has 0 saturated heterocycles. The maximum absolute atomic E-state index is 8.21. The Balaban J connectivity index is 2.16. The molecule has 0 nitrogen and oxygen atoms in total. The number of hydrogen-bond donors (Lipinski definition) is 0. The molecule has 0 bridgehead atoms. The van der Waals surface area contributed by atoms with Crippen LogP contribution in [-0.4, -0.2) is 0 Å². The Hall–Kier alpha value is -2.12. The summed E-state index contributed by atoms with van der Waals surface area (Å²) in [7, 11) is 0. The smallest absolute Gasteiger partial charge is 0.0629 e. The van der Waals surface area contributed by atoms with Crippen LogP contribution in [0.3, 0.4) is 0 Å². The van der Waals surface area contributed by atoms with E-state index in [1.54, 1.807) is 11.3 Å². The highest BCUT2D eigenvalue weighted by Crippen LogP contribution is 2.39. The van der Waals surface area contributed by atoms with Gasteiger partial charge in [0.2, 0.25) is 0 Å². The van der Waals surface area contributed by atoms with Crippen molar-refractivity contribution in [3.63, 3.8) is 0 Å². The molecule has 0 aliphatic heterocycles. The summed E-state index contributed by atoms with van der Waals surface area (Å²) in [5.74, 6) is 0. The maximum atomic E-state index is 8.21. The first-order valence-electron chi connectivity index (χ1n) is 8.48. The zero-order valence-electron chi connectivity index (χ0n) is 14.9. The maximum Gasteiger partial charge on any atom is 0.0629 e. The Morgan fingerprint density at radius 1 is 0.789 bits per heavy atom. The fourth-order valence-corrected chi connectivity index (χ4v) is 3.55. The third-order valence-electron chi connectivity index (χ3n) is 3.17. The molecule has 0 aliphatic carbocycles. The van der Waals surface area contributed by atoms with Gasteiger partial charge >= 0.3 is 0 Å². The van der Waals surface area contributed by atoms with E-state index in [9.17, 15) is 0 Å². The molecule has 0 radical (unpaired) electrons. The van der Waals surface area contributed by atoms with E-state index < -0.39 is 0 Å². The number of rotatable bonds is 1. The molecule has 0 spiro atoms. The number of thiophene rings is 1. The lowest BCUT2D eigenvalue weighted by atomic mass is 10.0. The molecule has 0 aliphatic rings. The van der Waals surface area contributed by atoms with Crippen LogP contribution in [0.25, 0.3) is 31.3 Å². The molecule has 0 fully saturated rings. The molecule has 0 amide bonds. The molecular weight excluding hydrogens is 248 g/mol. The Bertz CT molecular complexity index is 1080. The highest BCUT2D eigenvalue weighted by Gasteiger charge is 2.08. The van der Waals surface area contributed by atoms with Gasteiger partial charge in [0.1, 0.15) is 0 Å². The van der Waals surface area contributed by atoms with E-state index in [0.29, 0.717) is 5.56 Å². The van der Waals surface area contributed by atoms with Gasteiger partial charge in [0.05, 0.1) is 6.85 Å². The van der Waals surface area contributed by atoms with Crippen LogP contribution in [0, 0.1) is 0 Å². The summed E-state index contributed by atoms with van der Waals surface area (Å²) in [6.07, 6.45) is 0. The van der Waals surface area contributed by atoms with Gasteiger partial charge in [0.15, 0.2) is 0 Å². The zero-order valence-corrected chi connectivity index (χ0v) is 10.8. The quantitative estimate of drug-likeness (QED) is 0.413. The fourth-order valence-electron chi connectivity index (χ4n) is 2.33. The molecular formula is C18H12S. The van der Waals surface area contributed by atoms with Gasteiger partial charge < -0.3 is 0 Å². The summed E-state index contributed by atoms with van der Waals surface area (Å²) in [6, 6.07) is 12.4. The van der Waals surface area contributed by atoms with Crippen LogP contribution in [0.4, 0.5) is 0 Å². The van der Waals surface area contributed by atoms with E-state index in [4.69, 9.17) is 6.85 Å². The third kappa shape index (κ3) is 1.66. The number of fused-ring (bicyclic) bond motifs is 3. The molecule has 3 aromatic carbocycles. The van der Waals surface area contributed by atoms with E-state index >= 15 is 0 Å². The van der Waals surface area contributed by atoms with Crippen molar-refractivity contribution < 1.29 is 6.85 Å². The zero-order chi connectivity index (χ0) is 17.0. The normalized spacial score (nSPS) is 14.8. The van der Waals surface area contributed by atoms with Gasteiger partial charge in [0.25, 0.3) is 0 Å². The highest BCUT2D eigenvalue weighted by atomic mass is 32.1. The van der Waals surface area contributed by atoms with E-state index in [0.717, 1.165) is 20.2 Å². The van der Waals surface area contributed by atoms with Crippen LogP contribution < -0.4 is 0 Å². The van der Waals surface area contributed by atoms with Gasteiger partial charge in [-0.3, -0.25) is 0 Å². The summed E-state index contributed by atoms with van der Waals surface area (Å²) in [5.41, 5.74) is 0.948. The lowest BCUT2D eigenvalue weighted by molar-refractivity contribution is 1.67. The fraction of sp³-hybridized carbons (Fsp3) is 0. The lowest BCUT2D eigenvalue weighted by Crippen LogP contribution is -1.76. The van der Waals surface area contributed by atoms with Gasteiger partial charge in [-0.05, 0) is 17.2 Å². The first-order chi connectivity index (χ1) is 11.5. The molecule has 19 heavy (non-hydrogen) atoms. The Morgan fingerprint density at radius 3 is 2.47 bits per heavy atom. The molecule has 4 rings (SSSR count). The Kier molecular flexibility index (Phi) is 1.53. The second kappa shape index (κ2) is 4.22. The van der Waals surface area contributed by atoms with Crippen molar-refractivity contribution in [2.24, 2.45) is 0 Å². The topological polar surface area (TPSA) is 0 Å². The minimum absolute atomic E-state index is 0.161. The standard InChI is InChI=1S/C18H12S/c1-2-7-13(8-3-1)14-10-6-11-16-15-9-4-5-12-17(15)19-18(14)16/h1-12H/i1D,2D,3D,7D,8D. The molecule has 1 heteroatoms. The van der Waals surface area contributed by atoms with Gasteiger partial charge in [-0.2, -0.15) is 0 Å². The largest absolute Gasteiger partial charge is 0.135 e. The molecule has 1 aromatic heterocycles. The molecule has 4 aromatic rings. The van der Waals surface area contributed by atoms with E-state index in [-0.39, 0.29) is 35.8 Å². The predicted molar refractivity (Wildman–Crippen MR) is 84.8 cm³/mol. The third-order valence-corrected chi connectivity index (χ3v) is 4.39. The molecule has 1 heterocycles. The Labute approximate surface area is 123 Å². The summed E-state index contributed by atoms with van der Waals surface area (Å²) in [6.45, 7) is 0. The van der Waals surface area contributed by atoms with Crippen molar-refractivity contribution in [2.75, 3.05) is 0 Å². The van der Waals surface area contributed by atoms with Crippen LogP contribution in [0.2, 0.25) is 0 Å². The van der Waals surface area contributed by atoms with Crippen LogP contribution in [0.1, 0.15) is 6.85 Å². The summed E-state index contributed by atoms with van der Waals surface area (Å²) < 4.78 is 42.0. The monoisotopic (exact) mass is 265 g/mol. The van der Waals surface area contributed by atoms with Gasteiger partial charge in [-0.15, -0.1) is 11.3 Å². The summed E-state index contributed by atoms with van der Waals surface area (Å²) in [5, 5.41) is 2.16. The van der Waals surface area contributed by atoms with Crippen molar-refractivity contribution in [3.05, 3.63) is 72.7 Å². The lowest BCUT2D eigenvalue weighted by Gasteiger charge is -2.02. The minimum Gasteiger partial charge on any atom is -0.135 e. The van der Waals surface area contributed by atoms with E-state index in [1.165, 1.54) is 0 Å². The van der Waals surface area contributed by atoms with Crippen LogP contribution >= 0.6 is 11.3 Å². The first kappa shape index (κ1) is 6.88. The Morgan fingerprint density at radius 2 is 1.58 bits per heavy atom. The SMILES string of the molecule is [2H]c1c([2H])c([2H])c(-c2cccc3c2sc2ccccc23)c([2H])c1[2H]. The van der Waals surface area contributed by atoms with Crippen molar-refractivity contribution in [1.29, 1.82) is 0 Å². The number of benzene rings is 3. The first-order valence-corrected chi connectivity index (χ1v) is 6.80. The van der Waals surface area contributed by atoms with Crippen molar-refractivity contribution in [3.8, 4) is 11.1 Å². The average molecular weight is 265 g/mol. The van der Waals surface area contributed by atoms with Gasteiger partial charge in [-0.1, -0.05) is 66.6 Å². The van der Waals surface area contributed by atoms with Crippen LogP contribution in [0.15, 0.2) is 72.7 Å². The molecule has 90 valence electrons. The van der Waals surface area contributed by atoms with Gasteiger partial charge in [-0.25, -0.2) is 0 Å². The van der Waals surface area contributed by atoms with Crippen LogP contribution in [0.5, 0.6) is 0 Å². The second-order valence-electron chi connectivity index (χ2n) is 4.28. The molecule has 0 atom stereocenters. The van der Waals surface area contributed by atoms with Crippen molar-refractivity contribution in [1.82, 2.24) is 0 Å². The van der Waals surface area contributed by atoms with E-state index in [2.05, 4.69) is 0 Å². The van der Waals surface area contributed by atoms with E-state index in [1.807, 2.05) is 42.5 Å². The molecule has 0 N–H and O–H groups in total. The second-order valence-corrected chi connectivity index (χ2v) is 5.33. The average Bonchev–Trinajstić information content (AvgIpc) is 2.98. The van der Waals surface area contributed by atoms with Crippen molar-refractivity contribution >= 4 is 31.5 Å². The molecule has 0 saturated carbocycles. The summed E-state index contributed by atoms with van der Waals surface area (Å²) >= 11 is 1.58. The van der Waals surface area contributed by atoms with Crippen molar-refractivity contribution in [2.45, 2.75) is 0 Å². The van der Waals surface area contributed by atoms with Crippen LogP contribution in [-0.2, 0) is 0 Å². The molecule has 0 unspecified atom stereocenters.